The second-order valence-electron chi connectivity index (χ2n) is 5.27. The molecule has 0 aliphatic rings. The van der Waals surface area contributed by atoms with Crippen molar-refractivity contribution in [2.75, 3.05) is 0 Å². The van der Waals surface area contributed by atoms with Crippen LogP contribution in [0.5, 0.6) is 0 Å². The van der Waals surface area contributed by atoms with E-state index in [2.05, 4.69) is 56.3 Å². The molecule has 0 saturated carbocycles. The first-order valence-corrected chi connectivity index (χ1v) is 7.87. The maximum Gasteiger partial charge on any atom is 0.132 e. The molecule has 1 atom stereocenters. The molecule has 0 aliphatic heterocycles. The summed E-state index contributed by atoms with van der Waals surface area (Å²) < 4.78 is 3.00. The molecule has 2 aromatic heterocycles. The Morgan fingerprint density at radius 3 is 2.68 bits per heavy atom. The Kier molecular flexibility index (Phi) is 3.15. The highest BCUT2D eigenvalue weighted by molar-refractivity contribution is 9.10. The SMILES string of the molecule is C[C@H](c1ccccc1)n1nnc2cnc3ccc(Br)cc3c21. The average Bonchev–Trinajstić information content (AvgIpc) is 2.99. The molecule has 0 radical (unpaired) electrons. The molecule has 0 spiro atoms. The Morgan fingerprint density at radius 2 is 1.86 bits per heavy atom. The number of nitrogens with zero attached hydrogens (tertiary/aromatic N) is 4. The Bertz CT molecular complexity index is 962. The van der Waals surface area contributed by atoms with Gasteiger partial charge in [0.15, 0.2) is 0 Å². The topological polar surface area (TPSA) is 43.6 Å². The predicted octanol–water partition coefficient (Wildman–Crippen LogP) is 4.35. The minimum atomic E-state index is 0.107. The number of fused-ring (bicyclic) bond motifs is 3. The van der Waals surface area contributed by atoms with Gasteiger partial charge in [0.2, 0.25) is 0 Å². The molecule has 2 aromatic carbocycles. The van der Waals surface area contributed by atoms with Crippen LogP contribution < -0.4 is 0 Å². The van der Waals surface area contributed by atoms with Gasteiger partial charge in [0.05, 0.1) is 17.8 Å². The van der Waals surface area contributed by atoms with Crippen molar-refractivity contribution in [1.82, 2.24) is 20.0 Å². The van der Waals surface area contributed by atoms with E-state index < -0.39 is 0 Å². The number of hydrogen-bond acceptors (Lipinski definition) is 3. The molecule has 0 saturated heterocycles. The summed E-state index contributed by atoms with van der Waals surface area (Å²) in [7, 11) is 0. The van der Waals surface area contributed by atoms with E-state index in [1.165, 1.54) is 5.56 Å². The molecule has 4 aromatic rings. The zero-order chi connectivity index (χ0) is 15.1. The Labute approximate surface area is 135 Å². The number of pyridine rings is 1. The first-order chi connectivity index (χ1) is 10.7. The van der Waals surface area contributed by atoms with Gasteiger partial charge >= 0.3 is 0 Å². The summed E-state index contributed by atoms with van der Waals surface area (Å²) in [4.78, 5) is 4.46. The molecule has 2 heterocycles. The van der Waals surface area contributed by atoms with E-state index in [1.807, 2.05) is 35.0 Å². The molecule has 4 rings (SSSR count). The van der Waals surface area contributed by atoms with Gasteiger partial charge in [-0.15, -0.1) is 5.10 Å². The molecule has 0 amide bonds. The van der Waals surface area contributed by atoms with Crippen LogP contribution >= 0.6 is 15.9 Å². The third kappa shape index (κ3) is 2.09. The monoisotopic (exact) mass is 352 g/mol. The van der Waals surface area contributed by atoms with Gasteiger partial charge in [0.1, 0.15) is 11.0 Å². The average molecular weight is 353 g/mol. The van der Waals surface area contributed by atoms with Crippen molar-refractivity contribution in [1.29, 1.82) is 0 Å². The highest BCUT2D eigenvalue weighted by Crippen LogP contribution is 2.28. The molecular formula is C17H13BrN4. The van der Waals surface area contributed by atoms with Crippen molar-refractivity contribution in [2.45, 2.75) is 13.0 Å². The summed E-state index contributed by atoms with van der Waals surface area (Å²) in [5.74, 6) is 0. The summed E-state index contributed by atoms with van der Waals surface area (Å²) >= 11 is 3.54. The van der Waals surface area contributed by atoms with Crippen LogP contribution in [0.2, 0.25) is 0 Å². The van der Waals surface area contributed by atoms with Gasteiger partial charge in [0, 0.05) is 9.86 Å². The van der Waals surface area contributed by atoms with Crippen molar-refractivity contribution >= 4 is 37.9 Å². The van der Waals surface area contributed by atoms with Crippen LogP contribution in [0.1, 0.15) is 18.5 Å². The summed E-state index contributed by atoms with van der Waals surface area (Å²) in [6.07, 6.45) is 1.78. The molecule has 5 heteroatoms. The molecule has 0 unspecified atom stereocenters. The number of halogens is 1. The maximum absolute atomic E-state index is 4.46. The van der Waals surface area contributed by atoms with Gasteiger partial charge in [-0.05, 0) is 30.7 Å². The fourth-order valence-corrected chi connectivity index (χ4v) is 3.10. The normalized spacial score (nSPS) is 12.8. The van der Waals surface area contributed by atoms with E-state index in [1.54, 1.807) is 6.20 Å². The minimum absolute atomic E-state index is 0.107. The van der Waals surface area contributed by atoms with Crippen molar-refractivity contribution in [2.24, 2.45) is 0 Å². The largest absolute Gasteiger partial charge is 0.254 e. The van der Waals surface area contributed by atoms with Crippen LogP contribution in [0.4, 0.5) is 0 Å². The lowest BCUT2D eigenvalue weighted by atomic mass is 10.1. The third-order valence-corrected chi connectivity index (χ3v) is 4.40. The minimum Gasteiger partial charge on any atom is -0.254 e. The molecule has 0 aliphatic carbocycles. The second kappa shape index (κ2) is 5.18. The molecular weight excluding hydrogens is 340 g/mol. The summed E-state index contributed by atoms with van der Waals surface area (Å²) in [6, 6.07) is 16.5. The van der Waals surface area contributed by atoms with Crippen molar-refractivity contribution in [3.63, 3.8) is 0 Å². The lowest BCUT2D eigenvalue weighted by Crippen LogP contribution is -2.08. The summed E-state index contributed by atoms with van der Waals surface area (Å²) in [5.41, 5.74) is 3.98. The smallest absolute Gasteiger partial charge is 0.132 e. The van der Waals surface area contributed by atoms with Gasteiger partial charge in [0.25, 0.3) is 0 Å². The summed E-state index contributed by atoms with van der Waals surface area (Å²) in [5, 5.41) is 9.70. The number of rotatable bonds is 2. The van der Waals surface area contributed by atoms with Gasteiger partial charge < -0.3 is 0 Å². The quantitative estimate of drug-likeness (QED) is 0.538. The Balaban J connectivity index is 2.00. The molecule has 0 bridgehead atoms. The van der Waals surface area contributed by atoms with E-state index in [0.717, 1.165) is 26.4 Å². The number of benzene rings is 2. The Hall–Kier alpha value is -2.27. The molecule has 108 valence electrons. The van der Waals surface area contributed by atoms with Gasteiger partial charge in [-0.2, -0.15) is 0 Å². The molecule has 22 heavy (non-hydrogen) atoms. The van der Waals surface area contributed by atoms with Gasteiger partial charge in [-0.3, -0.25) is 4.98 Å². The van der Waals surface area contributed by atoms with Gasteiger partial charge in [-0.25, -0.2) is 4.68 Å². The number of aromatic nitrogens is 4. The Morgan fingerprint density at radius 1 is 1.05 bits per heavy atom. The predicted molar refractivity (Wildman–Crippen MR) is 90.8 cm³/mol. The lowest BCUT2D eigenvalue weighted by molar-refractivity contribution is 0.561. The zero-order valence-electron chi connectivity index (χ0n) is 11.9. The van der Waals surface area contributed by atoms with E-state index in [9.17, 15) is 0 Å². The first-order valence-electron chi connectivity index (χ1n) is 7.08. The van der Waals surface area contributed by atoms with Crippen LogP contribution in [0.25, 0.3) is 21.9 Å². The maximum atomic E-state index is 4.46. The highest BCUT2D eigenvalue weighted by Gasteiger charge is 2.16. The van der Waals surface area contributed by atoms with E-state index >= 15 is 0 Å². The molecule has 0 fully saturated rings. The second-order valence-corrected chi connectivity index (χ2v) is 6.19. The summed E-state index contributed by atoms with van der Waals surface area (Å²) in [6.45, 7) is 2.13. The van der Waals surface area contributed by atoms with E-state index in [-0.39, 0.29) is 6.04 Å². The first kappa shape index (κ1) is 13.4. The van der Waals surface area contributed by atoms with Crippen LogP contribution in [-0.2, 0) is 0 Å². The van der Waals surface area contributed by atoms with Crippen LogP contribution in [0, 0.1) is 0 Å². The van der Waals surface area contributed by atoms with Gasteiger partial charge in [-0.1, -0.05) is 51.5 Å². The van der Waals surface area contributed by atoms with E-state index in [0.29, 0.717) is 0 Å². The lowest BCUT2D eigenvalue weighted by Gasteiger charge is -2.13. The van der Waals surface area contributed by atoms with Crippen molar-refractivity contribution in [3.05, 3.63) is 64.8 Å². The fraction of sp³-hybridized carbons (Fsp3) is 0.118. The van der Waals surface area contributed by atoms with Crippen molar-refractivity contribution in [3.8, 4) is 0 Å². The van der Waals surface area contributed by atoms with Crippen LogP contribution in [-0.4, -0.2) is 20.0 Å². The number of hydrogen-bond donors (Lipinski definition) is 0. The van der Waals surface area contributed by atoms with Crippen LogP contribution in [0.15, 0.2) is 59.2 Å². The standard InChI is InChI=1S/C17H13BrN4/c1-11(12-5-3-2-4-6-12)22-17-14-9-13(18)7-8-15(14)19-10-16(17)20-21-22/h2-11H,1H3/t11-/m1/s1. The van der Waals surface area contributed by atoms with Crippen LogP contribution in [0.3, 0.4) is 0 Å². The zero-order valence-corrected chi connectivity index (χ0v) is 13.5. The van der Waals surface area contributed by atoms with E-state index in [4.69, 9.17) is 0 Å². The molecule has 0 N–H and O–H groups in total. The molecule has 4 nitrogen and oxygen atoms in total. The third-order valence-electron chi connectivity index (χ3n) is 3.91. The van der Waals surface area contributed by atoms with Crippen molar-refractivity contribution < 1.29 is 0 Å². The highest BCUT2D eigenvalue weighted by atomic mass is 79.9. The fourth-order valence-electron chi connectivity index (χ4n) is 2.74.